The summed E-state index contributed by atoms with van der Waals surface area (Å²) in [4.78, 5) is 0. The lowest BCUT2D eigenvalue weighted by Gasteiger charge is -2.19. The van der Waals surface area contributed by atoms with E-state index in [1.807, 2.05) is 0 Å². The van der Waals surface area contributed by atoms with E-state index < -0.39 is 23.5 Å². The Bertz CT molecular complexity index is 2770. The molecule has 50 heavy (non-hydrogen) atoms. The number of para-hydroxylation sites is 2. The van der Waals surface area contributed by atoms with Crippen molar-refractivity contribution in [3.63, 3.8) is 0 Å². The molecule has 2 heterocycles. The highest BCUT2D eigenvalue weighted by atomic mass is 19.4. The molecule has 0 fully saturated rings. The first-order valence-electron chi connectivity index (χ1n) is 15.3. The molecule has 242 valence electrons. The van der Waals surface area contributed by atoms with Gasteiger partial charge in [-0.3, -0.25) is 0 Å². The van der Waals surface area contributed by atoms with Crippen LogP contribution in [0.25, 0.3) is 66.1 Å². The lowest BCUT2D eigenvalue weighted by atomic mass is 9.98. The van der Waals surface area contributed by atoms with Crippen molar-refractivity contribution in [2.24, 2.45) is 0 Å². The van der Waals surface area contributed by atoms with Crippen molar-refractivity contribution in [3.8, 4) is 34.6 Å². The molecule has 0 atom stereocenters. The minimum Gasteiger partial charge on any atom is -0.309 e. The lowest BCUT2D eigenvalue weighted by Crippen LogP contribution is -2.06. The number of fused-ring (bicyclic) bond motifs is 6. The van der Waals surface area contributed by atoms with Gasteiger partial charge in [-0.2, -0.15) is 36.9 Å². The Hall–Kier alpha value is -6.52. The molecule has 0 N–H and O–H groups in total. The van der Waals surface area contributed by atoms with E-state index in [2.05, 4.69) is 12.1 Å². The highest BCUT2D eigenvalue weighted by Crippen LogP contribution is 2.43. The second kappa shape index (κ2) is 11.0. The maximum absolute atomic E-state index is 13.9. The van der Waals surface area contributed by atoms with Gasteiger partial charge in [0.1, 0.15) is 6.07 Å². The molecule has 10 heteroatoms. The number of hydrogen-bond acceptors (Lipinski definition) is 2. The van der Waals surface area contributed by atoms with Gasteiger partial charge in [-0.15, -0.1) is 0 Å². The van der Waals surface area contributed by atoms with Crippen molar-refractivity contribution in [2.45, 2.75) is 12.4 Å². The largest absolute Gasteiger partial charge is 0.416 e. The molecule has 6 aromatic carbocycles. The van der Waals surface area contributed by atoms with E-state index in [1.165, 1.54) is 12.1 Å². The average molecular weight is 671 g/mol. The third-order valence-electron chi connectivity index (χ3n) is 9.02. The summed E-state index contributed by atoms with van der Waals surface area (Å²) >= 11 is 0. The first-order valence-corrected chi connectivity index (χ1v) is 15.3. The maximum atomic E-state index is 13.9. The molecule has 0 saturated carbocycles. The lowest BCUT2D eigenvalue weighted by molar-refractivity contribution is -0.138. The predicted octanol–water partition coefficient (Wildman–Crippen LogP) is 11.3. The summed E-state index contributed by atoms with van der Waals surface area (Å²) < 4.78 is 86.6. The smallest absolute Gasteiger partial charge is 0.309 e. The third kappa shape index (κ3) is 4.76. The zero-order valence-electron chi connectivity index (χ0n) is 25.6. The van der Waals surface area contributed by atoms with Crippen LogP contribution in [-0.2, 0) is 12.4 Å². The number of rotatable bonds is 3. The van der Waals surface area contributed by atoms with Crippen molar-refractivity contribution in [1.82, 2.24) is 9.13 Å². The molecular weight excluding hydrogens is 650 g/mol. The molecule has 8 rings (SSSR count). The SMILES string of the molecule is N#Cc1cccc(-c2cc(-n3c4ccccc4c4cc(C(F)(F)F)ccc43)c(C#N)cc2-n2c3ccccc3c3cc(C(F)(F)F)ccc32)c1. The minimum absolute atomic E-state index is 0.167. The van der Waals surface area contributed by atoms with Crippen molar-refractivity contribution in [1.29, 1.82) is 10.5 Å². The number of hydrogen-bond donors (Lipinski definition) is 0. The van der Waals surface area contributed by atoms with Crippen LogP contribution in [0.5, 0.6) is 0 Å². The van der Waals surface area contributed by atoms with Crippen molar-refractivity contribution in [2.75, 3.05) is 0 Å². The first-order chi connectivity index (χ1) is 24.0. The Labute approximate surface area is 279 Å². The Morgan fingerprint density at radius 3 is 1.50 bits per heavy atom. The number of halogens is 6. The van der Waals surface area contributed by atoms with E-state index in [0.717, 1.165) is 24.3 Å². The van der Waals surface area contributed by atoms with E-state index >= 15 is 0 Å². The molecule has 0 aliphatic rings. The van der Waals surface area contributed by atoms with Gasteiger partial charge in [0, 0.05) is 27.1 Å². The molecule has 0 aliphatic heterocycles. The van der Waals surface area contributed by atoms with Crippen molar-refractivity contribution < 1.29 is 26.3 Å². The summed E-state index contributed by atoms with van der Waals surface area (Å²) in [6.07, 6.45) is -9.14. The van der Waals surface area contributed by atoms with E-state index in [-0.39, 0.29) is 5.56 Å². The van der Waals surface area contributed by atoms with Crippen LogP contribution >= 0.6 is 0 Å². The second-order valence-electron chi connectivity index (χ2n) is 11.9. The van der Waals surface area contributed by atoms with Crippen LogP contribution in [0.4, 0.5) is 26.3 Å². The van der Waals surface area contributed by atoms with Crippen LogP contribution in [0.3, 0.4) is 0 Å². The summed E-state index contributed by atoms with van der Waals surface area (Å²) in [6, 6.07) is 35.6. The molecule has 0 amide bonds. The highest BCUT2D eigenvalue weighted by Gasteiger charge is 2.33. The molecular formula is C40H20F6N4. The van der Waals surface area contributed by atoms with Crippen LogP contribution in [0, 0.1) is 22.7 Å². The Kier molecular flexibility index (Phi) is 6.78. The third-order valence-corrected chi connectivity index (χ3v) is 9.02. The molecule has 4 nitrogen and oxygen atoms in total. The zero-order chi connectivity index (χ0) is 34.9. The van der Waals surface area contributed by atoms with Gasteiger partial charge in [-0.25, -0.2) is 0 Å². The van der Waals surface area contributed by atoms with Crippen LogP contribution in [-0.4, -0.2) is 9.13 Å². The minimum atomic E-state index is -4.57. The van der Waals surface area contributed by atoms with E-state index in [0.29, 0.717) is 71.7 Å². The summed E-state index contributed by atoms with van der Waals surface area (Å²) in [5, 5.41) is 22.2. The van der Waals surface area contributed by atoms with Crippen LogP contribution in [0.1, 0.15) is 22.3 Å². The number of nitrogens with zero attached hydrogens (tertiary/aromatic N) is 4. The Morgan fingerprint density at radius 2 is 0.980 bits per heavy atom. The van der Waals surface area contributed by atoms with Gasteiger partial charge in [0.2, 0.25) is 0 Å². The fourth-order valence-corrected chi connectivity index (χ4v) is 6.84. The Morgan fingerprint density at radius 1 is 0.460 bits per heavy atom. The number of benzene rings is 6. The van der Waals surface area contributed by atoms with Crippen molar-refractivity contribution >= 4 is 43.6 Å². The van der Waals surface area contributed by atoms with Gasteiger partial charge in [0.15, 0.2) is 0 Å². The molecule has 0 saturated heterocycles. The predicted molar refractivity (Wildman–Crippen MR) is 180 cm³/mol. The first kappa shape index (κ1) is 30.8. The number of aromatic nitrogens is 2. The molecule has 0 radical (unpaired) electrons. The summed E-state index contributed by atoms with van der Waals surface area (Å²) in [7, 11) is 0. The highest BCUT2D eigenvalue weighted by molar-refractivity contribution is 6.11. The maximum Gasteiger partial charge on any atom is 0.416 e. The van der Waals surface area contributed by atoms with Gasteiger partial charge in [-0.05, 0) is 78.4 Å². The van der Waals surface area contributed by atoms with Crippen LogP contribution in [0.15, 0.2) is 121 Å². The topological polar surface area (TPSA) is 57.4 Å². The molecule has 0 bridgehead atoms. The number of nitriles is 2. The molecule has 2 aromatic heterocycles. The van der Waals surface area contributed by atoms with Gasteiger partial charge in [0.25, 0.3) is 0 Å². The summed E-state index contributed by atoms with van der Waals surface area (Å²) in [6.45, 7) is 0. The van der Waals surface area contributed by atoms with Gasteiger partial charge >= 0.3 is 12.4 Å². The van der Waals surface area contributed by atoms with Crippen molar-refractivity contribution in [3.05, 3.63) is 144 Å². The molecule has 0 aliphatic carbocycles. The molecule has 8 aromatic rings. The summed E-state index contributed by atoms with van der Waals surface area (Å²) in [5.74, 6) is 0. The van der Waals surface area contributed by atoms with Crippen LogP contribution in [0.2, 0.25) is 0 Å². The fraction of sp³-hybridized carbons (Fsp3) is 0.0500. The average Bonchev–Trinajstić information content (AvgIpc) is 3.62. The van der Waals surface area contributed by atoms with Gasteiger partial charge < -0.3 is 9.13 Å². The standard InChI is InChI=1S/C40H20F6N4/c41-39(42,43)26-12-14-35-31(18-26)28-8-1-3-10-33(28)49(35)37-20-30(24-7-5-6-23(16-24)21-47)38(17-25(37)22-48)50-34-11-4-2-9-29(34)32-19-27(40(44,45)46)13-15-36(32)50/h1-20H. The Balaban J connectivity index is 1.50. The van der Waals surface area contributed by atoms with Gasteiger partial charge in [0.05, 0.1) is 61.8 Å². The van der Waals surface area contributed by atoms with E-state index in [1.54, 1.807) is 94.1 Å². The fourth-order valence-electron chi connectivity index (χ4n) is 6.84. The van der Waals surface area contributed by atoms with E-state index in [9.17, 15) is 36.9 Å². The molecule has 0 unspecified atom stereocenters. The van der Waals surface area contributed by atoms with Gasteiger partial charge in [-0.1, -0.05) is 48.5 Å². The monoisotopic (exact) mass is 670 g/mol. The summed E-state index contributed by atoms with van der Waals surface area (Å²) in [5.41, 5.74) is 2.94. The quantitative estimate of drug-likeness (QED) is 0.176. The zero-order valence-corrected chi connectivity index (χ0v) is 25.6. The normalized spacial score (nSPS) is 12.2. The van der Waals surface area contributed by atoms with E-state index in [4.69, 9.17) is 0 Å². The van der Waals surface area contributed by atoms with Crippen LogP contribution < -0.4 is 0 Å². The second-order valence-corrected chi connectivity index (χ2v) is 11.9. The number of alkyl halides is 6. The molecule has 0 spiro atoms.